The number of fused-ring (bicyclic) bond motifs is 11. The lowest BCUT2D eigenvalue weighted by Gasteiger charge is -2.92. The fourth-order valence-electron chi connectivity index (χ4n) is 15.1. The van der Waals surface area contributed by atoms with Crippen LogP contribution < -0.4 is 4.90 Å². The van der Waals surface area contributed by atoms with Gasteiger partial charge in [-0.25, -0.2) is 0 Å². The highest BCUT2D eigenvalue weighted by Gasteiger charge is 2.90. The van der Waals surface area contributed by atoms with Gasteiger partial charge in [-0.1, -0.05) is 171 Å². The van der Waals surface area contributed by atoms with E-state index in [1.807, 2.05) is 11.3 Å². The van der Waals surface area contributed by atoms with Crippen LogP contribution in [0.3, 0.4) is 0 Å². The number of para-hydroxylation sites is 1. The summed E-state index contributed by atoms with van der Waals surface area (Å²) >= 11 is 1.93. The number of hydrogen-bond acceptors (Lipinski definition) is 2. The number of rotatable bonds is 6. The number of nitrogens with zero attached hydrogens (tertiary/aromatic N) is 1. The molecule has 0 aliphatic heterocycles. The van der Waals surface area contributed by atoms with Gasteiger partial charge in [0.2, 0.25) is 0 Å². The molecule has 1 heterocycles. The van der Waals surface area contributed by atoms with Gasteiger partial charge in [0.15, 0.2) is 0 Å². The number of benzene rings is 8. The van der Waals surface area contributed by atoms with Crippen molar-refractivity contribution < 1.29 is 0 Å². The second-order valence-electron chi connectivity index (χ2n) is 19.9. The molecule has 8 aromatic carbocycles. The first kappa shape index (κ1) is 35.9. The average molecular weight is 838 g/mol. The molecule has 0 N–H and O–H groups in total. The van der Waals surface area contributed by atoms with Gasteiger partial charge in [-0.05, 0) is 135 Å². The SMILES string of the molecule is CC1C=C(c2cccc3cccc(-c4ccccc4)c23)C(N(c2ccc3c(c2)C2(c4ccccc4-3)C3CC4CC5CC2C453)c2ccccc2-c2cccc3c2sc2ccccc23)=CC1. The Balaban J connectivity index is 0.983. The lowest BCUT2D eigenvalue weighted by molar-refractivity contribution is -0.412. The molecule has 6 aliphatic rings. The van der Waals surface area contributed by atoms with Crippen molar-refractivity contribution in [1.29, 1.82) is 0 Å². The average Bonchev–Trinajstić information content (AvgIpc) is 3.85. The molecule has 9 aromatic rings. The fourth-order valence-corrected chi connectivity index (χ4v) is 16.3. The monoisotopic (exact) mass is 837 g/mol. The van der Waals surface area contributed by atoms with E-state index >= 15 is 0 Å². The minimum absolute atomic E-state index is 0.123. The molecule has 1 nitrogen and oxygen atoms in total. The van der Waals surface area contributed by atoms with Crippen LogP contribution in [0.25, 0.3) is 69.9 Å². The van der Waals surface area contributed by atoms with Gasteiger partial charge < -0.3 is 4.90 Å². The van der Waals surface area contributed by atoms with Crippen LogP contribution in [0.15, 0.2) is 194 Å². The van der Waals surface area contributed by atoms with Crippen LogP contribution in [-0.4, -0.2) is 0 Å². The predicted molar refractivity (Wildman–Crippen MR) is 269 cm³/mol. The molecule has 4 saturated carbocycles. The first-order valence-electron chi connectivity index (χ1n) is 23.7. The highest BCUT2D eigenvalue weighted by Crippen LogP contribution is 2.94. The molecular formula is C62H47NS. The maximum Gasteiger partial charge on any atom is 0.0540 e. The normalized spacial score (nSPS) is 26.4. The molecule has 64 heavy (non-hydrogen) atoms. The van der Waals surface area contributed by atoms with Crippen molar-refractivity contribution in [3.8, 4) is 33.4 Å². The minimum atomic E-state index is 0.123. The number of hydrogen-bond donors (Lipinski definition) is 0. The topological polar surface area (TPSA) is 3.24 Å². The number of thiophene rings is 1. The Kier molecular flexibility index (Phi) is 7.20. The molecule has 306 valence electrons. The molecular weight excluding hydrogens is 791 g/mol. The number of anilines is 2. The molecule has 0 bridgehead atoms. The van der Waals surface area contributed by atoms with Gasteiger partial charge in [-0.15, -0.1) is 11.3 Å². The third-order valence-corrected chi connectivity index (χ3v) is 18.7. The van der Waals surface area contributed by atoms with Crippen molar-refractivity contribution in [2.24, 2.45) is 35.0 Å². The van der Waals surface area contributed by atoms with E-state index < -0.39 is 0 Å². The zero-order valence-corrected chi connectivity index (χ0v) is 36.8. The summed E-state index contributed by atoms with van der Waals surface area (Å²) in [5, 5.41) is 5.25. The van der Waals surface area contributed by atoms with Crippen molar-refractivity contribution in [2.45, 2.75) is 38.0 Å². The van der Waals surface area contributed by atoms with Crippen molar-refractivity contribution in [3.63, 3.8) is 0 Å². The highest BCUT2D eigenvalue weighted by atomic mass is 32.1. The molecule has 2 spiro atoms. The van der Waals surface area contributed by atoms with Crippen molar-refractivity contribution >= 4 is 59.2 Å². The summed E-state index contributed by atoms with van der Waals surface area (Å²) in [5.74, 6) is 3.86. The first-order chi connectivity index (χ1) is 31.6. The molecule has 5 atom stereocenters. The zero-order chi connectivity index (χ0) is 41.9. The van der Waals surface area contributed by atoms with Crippen LogP contribution in [0.1, 0.15) is 49.3 Å². The van der Waals surface area contributed by atoms with Gasteiger partial charge in [0, 0.05) is 53.7 Å². The summed E-state index contributed by atoms with van der Waals surface area (Å²) in [6.45, 7) is 2.39. The molecule has 15 rings (SSSR count). The fraction of sp³-hybridized carbons (Fsp3) is 0.194. The lowest BCUT2D eigenvalue weighted by atomic mass is 9.11. The minimum Gasteiger partial charge on any atom is -0.310 e. The van der Waals surface area contributed by atoms with Gasteiger partial charge in [-0.3, -0.25) is 0 Å². The molecule has 4 fully saturated rings. The van der Waals surface area contributed by atoms with Gasteiger partial charge in [0.25, 0.3) is 0 Å². The van der Waals surface area contributed by atoms with Gasteiger partial charge in [0.1, 0.15) is 0 Å². The molecule has 5 unspecified atom stereocenters. The lowest BCUT2D eigenvalue weighted by Crippen LogP contribution is -2.88. The highest BCUT2D eigenvalue weighted by molar-refractivity contribution is 7.26. The Morgan fingerprint density at radius 3 is 2.06 bits per heavy atom. The quantitative estimate of drug-likeness (QED) is 0.161. The second kappa shape index (κ2) is 12.8. The first-order valence-corrected chi connectivity index (χ1v) is 24.5. The largest absolute Gasteiger partial charge is 0.310 e. The molecule has 0 saturated heterocycles. The predicted octanol–water partition coefficient (Wildman–Crippen LogP) is 16.6. The van der Waals surface area contributed by atoms with Crippen LogP contribution in [-0.2, 0) is 5.41 Å². The summed E-state index contributed by atoms with van der Waals surface area (Å²) in [5.41, 5.74) is 18.3. The van der Waals surface area contributed by atoms with Crippen molar-refractivity contribution in [1.82, 2.24) is 0 Å². The van der Waals surface area contributed by atoms with Crippen LogP contribution in [0, 0.1) is 35.0 Å². The van der Waals surface area contributed by atoms with Crippen molar-refractivity contribution in [2.75, 3.05) is 4.90 Å². The van der Waals surface area contributed by atoms with Gasteiger partial charge >= 0.3 is 0 Å². The summed E-state index contributed by atoms with van der Waals surface area (Å²) in [6.07, 6.45) is 10.4. The van der Waals surface area contributed by atoms with E-state index in [0.717, 1.165) is 30.1 Å². The van der Waals surface area contributed by atoms with Crippen LogP contribution in [0.5, 0.6) is 0 Å². The van der Waals surface area contributed by atoms with E-state index in [2.05, 4.69) is 200 Å². The molecule has 2 heteroatoms. The molecule has 1 aromatic heterocycles. The zero-order valence-electron chi connectivity index (χ0n) is 36.0. The van der Waals surface area contributed by atoms with E-state index in [1.165, 1.54) is 112 Å². The van der Waals surface area contributed by atoms with Crippen molar-refractivity contribution in [3.05, 3.63) is 210 Å². The second-order valence-corrected chi connectivity index (χ2v) is 21.0. The third kappa shape index (κ3) is 4.36. The van der Waals surface area contributed by atoms with Crippen LogP contribution in [0.2, 0.25) is 0 Å². The Morgan fingerprint density at radius 2 is 1.22 bits per heavy atom. The van der Waals surface area contributed by atoms with Crippen LogP contribution in [0.4, 0.5) is 11.4 Å². The summed E-state index contributed by atoms with van der Waals surface area (Å²) in [6, 6.07) is 67.1. The Labute approximate surface area is 379 Å². The molecule has 0 amide bonds. The van der Waals surface area contributed by atoms with Gasteiger partial charge in [-0.2, -0.15) is 0 Å². The van der Waals surface area contributed by atoms with E-state index in [1.54, 1.807) is 11.1 Å². The maximum absolute atomic E-state index is 2.69. The molecule has 6 aliphatic carbocycles. The summed E-state index contributed by atoms with van der Waals surface area (Å²) in [4.78, 5) is 2.69. The summed E-state index contributed by atoms with van der Waals surface area (Å²) < 4.78 is 2.69. The Morgan fingerprint density at radius 1 is 0.547 bits per heavy atom. The summed E-state index contributed by atoms with van der Waals surface area (Å²) in [7, 11) is 0. The van der Waals surface area contributed by atoms with E-state index in [4.69, 9.17) is 0 Å². The smallest absolute Gasteiger partial charge is 0.0540 e. The van der Waals surface area contributed by atoms with Crippen LogP contribution >= 0.6 is 11.3 Å². The van der Waals surface area contributed by atoms with Gasteiger partial charge in [0.05, 0.1) is 5.69 Å². The Hall–Kier alpha value is -6.48. The standard InChI is InChI=1S/C62H47NS/c1-37-28-31-55(51(32-37)48-22-12-17-39-16-11-21-43(59(39)48)38-14-3-2-4-15-38)63(54-26-9-6-19-46(54)49-23-13-24-50-47-20-7-10-27-56(47)64-60(49)50)42-29-30-45-44-18-5-8-25-52(44)62(53(45)36-42)57-34-40-33-41-35-58(62)61(40,41)57/h2-27,29-32,36-37,40-41,57-58H,28,33-35H2,1H3. The maximum atomic E-state index is 2.69. The van der Waals surface area contributed by atoms with E-state index in [-0.39, 0.29) is 5.41 Å². The Bertz CT molecular complexity index is 3500. The number of allylic oxidation sites excluding steroid dienone is 3. The molecule has 0 radical (unpaired) electrons. The van der Waals surface area contributed by atoms with E-state index in [0.29, 0.717) is 11.3 Å². The third-order valence-electron chi connectivity index (χ3n) is 17.5. The van der Waals surface area contributed by atoms with E-state index in [9.17, 15) is 0 Å².